The summed E-state index contributed by atoms with van der Waals surface area (Å²) in [7, 11) is 1.66. The van der Waals surface area contributed by atoms with Crippen LogP contribution in [-0.2, 0) is 0 Å². The second-order valence-corrected chi connectivity index (χ2v) is 9.21. The van der Waals surface area contributed by atoms with Crippen LogP contribution in [0.5, 0.6) is 5.75 Å². The molecule has 0 radical (unpaired) electrons. The Hall–Kier alpha value is -3.12. The van der Waals surface area contributed by atoms with Gasteiger partial charge in [0, 0.05) is 42.1 Å². The molecular formula is C25H25N3O2S. The maximum absolute atomic E-state index is 13.3. The average molecular weight is 432 g/mol. The van der Waals surface area contributed by atoms with E-state index >= 15 is 0 Å². The summed E-state index contributed by atoms with van der Waals surface area (Å²) in [4.78, 5) is 24.0. The van der Waals surface area contributed by atoms with Crippen LogP contribution in [0.25, 0.3) is 21.1 Å². The lowest BCUT2D eigenvalue weighted by atomic mass is 10.1. The highest BCUT2D eigenvalue weighted by Gasteiger charge is 2.28. The number of aromatic nitrogens is 1. The molecule has 3 heterocycles. The van der Waals surface area contributed by atoms with Gasteiger partial charge in [-0.25, -0.2) is 4.98 Å². The molecular weight excluding hydrogens is 406 g/mol. The van der Waals surface area contributed by atoms with Crippen LogP contribution in [0.15, 0.2) is 54.6 Å². The predicted octanol–water partition coefficient (Wildman–Crippen LogP) is 5.12. The van der Waals surface area contributed by atoms with Gasteiger partial charge in [0.15, 0.2) is 0 Å². The van der Waals surface area contributed by atoms with Crippen LogP contribution < -0.4 is 9.64 Å². The van der Waals surface area contributed by atoms with Crippen LogP contribution in [-0.4, -0.2) is 48.6 Å². The number of hydrogen-bond donors (Lipinski definition) is 0. The van der Waals surface area contributed by atoms with Crippen LogP contribution in [0.2, 0.25) is 0 Å². The third-order valence-electron chi connectivity index (χ3n) is 6.00. The van der Waals surface area contributed by atoms with Gasteiger partial charge >= 0.3 is 0 Å². The summed E-state index contributed by atoms with van der Waals surface area (Å²) in [5.41, 5.74) is 3.39. The van der Waals surface area contributed by atoms with E-state index in [2.05, 4.69) is 49.1 Å². The number of anilines is 1. The molecule has 1 fully saturated rings. The number of carbonyl (C=O) groups is 1. The standard InChI is InChI=1S/C25H25N3O2S/c1-16-4-6-20(7-5-16)28-11-10-27(15-17(28)2)25(29)23-14-19-12-18-13-21(30-3)8-9-22(18)26-24(19)31-23/h4-9,12-14,17H,10-11,15H2,1-3H3. The van der Waals surface area contributed by atoms with Crippen molar-refractivity contribution in [3.63, 3.8) is 0 Å². The molecule has 1 saturated heterocycles. The number of benzene rings is 2. The molecule has 31 heavy (non-hydrogen) atoms. The molecule has 0 aliphatic carbocycles. The van der Waals surface area contributed by atoms with Gasteiger partial charge in [0.05, 0.1) is 17.5 Å². The molecule has 0 spiro atoms. The first-order valence-electron chi connectivity index (χ1n) is 10.5. The largest absolute Gasteiger partial charge is 0.497 e. The molecule has 5 nitrogen and oxygen atoms in total. The fraction of sp³-hybridized carbons (Fsp3) is 0.280. The van der Waals surface area contributed by atoms with E-state index in [4.69, 9.17) is 9.72 Å². The number of pyridine rings is 1. The van der Waals surface area contributed by atoms with Gasteiger partial charge in [-0.15, -0.1) is 11.3 Å². The molecule has 1 aliphatic heterocycles. The molecule has 1 atom stereocenters. The van der Waals surface area contributed by atoms with Crippen molar-refractivity contribution < 1.29 is 9.53 Å². The predicted molar refractivity (Wildman–Crippen MR) is 128 cm³/mol. The molecule has 1 unspecified atom stereocenters. The average Bonchev–Trinajstić information content (AvgIpc) is 3.20. The van der Waals surface area contributed by atoms with E-state index in [9.17, 15) is 4.79 Å². The fourth-order valence-corrected chi connectivity index (χ4v) is 5.25. The van der Waals surface area contributed by atoms with E-state index in [0.29, 0.717) is 6.54 Å². The van der Waals surface area contributed by atoms with E-state index in [1.807, 2.05) is 29.2 Å². The molecule has 0 bridgehead atoms. The normalized spacial score (nSPS) is 16.8. The van der Waals surface area contributed by atoms with Crippen molar-refractivity contribution >= 4 is 44.1 Å². The number of thiophene rings is 1. The summed E-state index contributed by atoms with van der Waals surface area (Å²) < 4.78 is 5.32. The number of carbonyl (C=O) groups excluding carboxylic acids is 1. The number of rotatable bonds is 3. The van der Waals surface area contributed by atoms with Crippen LogP contribution >= 0.6 is 11.3 Å². The molecule has 0 saturated carbocycles. The third kappa shape index (κ3) is 3.72. The van der Waals surface area contributed by atoms with Crippen molar-refractivity contribution in [1.29, 1.82) is 0 Å². The number of aryl methyl sites for hydroxylation is 1. The van der Waals surface area contributed by atoms with Crippen LogP contribution in [0.3, 0.4) is 0 Å². The molecule has 158 valence electrons. The van der Waals surface area contributed by atoms with E-state index in [0.717, 1.165) is 44.8 Å². The van der Waals surface area contributed by atoms with E-state index in [-0.39, 0.29) is 11.9 Å². The molecule has 4 aromatic rings. The summed E-state index contributed by atoms with van der Waals surface area (Å²) in [5, 5.41) is 2.02. The van der Waals surface area contributed by atoms with Gasteiger partial charge in [0.2, 0.25) is 0 Å². The van der Waals surface area contributed by atoms with Crippen molar-refractivity contribution in [2.75, 3.05) is 31.6 Å². The number of nitrogens with zero attached hydrogens (tertiary/aromatic N) is 3. The van der Waals surface area contributed by atoms with Crippen LogP contribution in [0.4, 0.5) is 5.69 Å². The Morgan fingerprint density at radius 2 is 1.87 bits per heavy atom. The minimum Gasteiger partial charge on any atom is -0.497 e. The third-order valence-corrected chi connectivity index (χ3v) is 7.03. The Morgan fingerprint density at radius 3 is 2.61 bits per heavy atom. The quantitative estimate of drug-likeness (QED) is 0.452. The molecule has 1 amide bonds. The number of amides is 1. The minimum absolute atomic E-state index is 0.0973. The zero-order valence-corrected chi connectivity index (χ0v) is 18.8. The number of fused-ring (bicyclic) bond motifs is 2. The number of ether oxygens (including phenoxy) is 1. The summed E-state index contributed by atoms with van der Waals surface area (Å²) in [5.74, 6) is 0.903. The molecule has 5 rings (SSSR count). The monoisotopic (exact) mass is 431 g/mol. The van der Waals surface area contributed by atoms with Crippen molar-refractivity contribution in [3.05, 3.63) is 65.0 Å². The van der Waals surface area contributed by atoms with Gasteiger partial charge in [-0.1, -0.05) is 17.7 Å². The number of hydrogen-bond acceptors (Lipinski definition) is 5. The number of piperazine rings is 1. The molecule has 2 aromatic heterocycles. The smallest absolute Gasteiger partial charge is 0.264 e. The lowest BCUT2D eigenvalue weighted by Gasteiger charge is -2.41. The van der Waals surface area contributed by atoms with Crippen LogP contribution in [0, 0.1) is 6.92 Å². The Balaban J connectivity index is 1.37. The molecule has 6 heteroatoms. The van der Waals surface area contributed by atoms with Crippen molar-refractivity contribution in [2.24, 2.45) is 0 Å². The zero-order valence-electron chi connectivity index (χ0n) is 18.0. The first kappa shape index (κ1) is 19.8. The van der Waals surface area contributed by atoms with E-state index < -0.39 is 0 Å². The highest BCUT2D eigenvalue weighted by Crippen LogP contribution is 2.30. The fourth-order valence-electron chi connectivity index (χ4n) is 4.26. The molecule has 0 N–H and O–H groups in total. The van der Waals surface area contributed by atoms with Crippen molar-refractivity contribution in [3.8, 4) is 5.75 Å². The summed E-state index contributed by atoms with van der Waals surface area (Å²) >= 11 is 1.48. The van der Waals surface area contributed by atoms with Crippen molar-refractivity contribution in [1.82, 2.24) is 9.88 Å². The summed E-state index contributed by atoms with van der Waals surface area (Å²) in [6.45, 7) is 6.56. The van der Waals surface area contributed by atoms with Crippen molar-refractivity contribution in [2.45, 2.75) is 19.9 Å². The maximum atomic E-state index is 13.3. The highest BCUT2D eigenvalue weighted by atomic mass is 32.1. The minimum atomic E-state index is 0.0973. The second-order valence-electron chi connectivity index (χ2n) is 8.18. The Kier molecular flexibility index (Phi) is 5.02. The molecule has 2 aromatic carbocycles. The Labute approximate surface area is 185 Å². The van der Waals surface area contributed by atoms with E-state index in [1.54, 1.807) is 7.11 Å². The molecule has 1 aliphatic rings. The summed E-state index contributed by atoms with van der Waals surface area (Å²) in [6.07, 6.45) is 0. The van der Waals surface area contributed by atoms with Gasteiger partial charge in [0.1, 0.15) is 10.6 Å². The second kappa shape index (κ2) is 7.85. The Morgan fingerprint density at radius 1 is 1.06 bits per heavy atom. The van der Waals surface area contributed by atoms with Gasteiger partial charge in [-0.3, -0.25) is 4.79 Å². The Bertz CT molecular complexity index is 1270. The maximum Gasteiger partial charge on any atom is 0.264 e. The lowest BCUT2D eigenvalue weighted by molar-refractivity contribution is 0.0731. The van der Waals surface area contributed by atoms with E-state index in [1.165, 1.54) is 22.6 Å². The van der Waals surface area contributed by atoms with Crippen LogP contribution in [0.1, 0.15) is 22.2 Å². The van der Waals surface area contributed by atoms with Gasteiger partial charge in [0.25, 0.3) is 5.91 Å². The lowest BCUT2D eigenvalue weighted by Crippen LogP contribution is -2.53. The first-order chi connectivity index (χ1) is 15.0. The first-order valence-corrected chi connectivity index (χ1v) is 11.3. The zero-order chi connectivity index (χ0) is 21.5. The highest BCUT2D eigenvalue weighted by molar-refractivity contribution is 7.20. The van der Waals surface area contributed by atoms with Gasteiger partial charge < -0.3 is 14.5 Å². The SMILES string of the molecule is COc1ccc2nc3sc(C(=O)N4CCN(c5ccc(C)cc5)C(C)C4)cc3cc2c1. The summed E-state index contributed by atoms with van der Waals surface area (Å²) in [6, 6.07) is 18.8. The number of methoxy groups -OCH3 is 1. The topological polar surface area (TPSA) is 45.7 Å². The van der Waals surface area contributed by atoms with Gasteiger partial charge in [-0.05, 0) is 56.3 Å². The van der Waals surface area contributed by atoms with Gasteiger partial charge in [-0.2, -0.15) is 0 Å².